The summed E-state index contributed by atoms with van der Waals surface area (Å²) in [6.45, 7) is 3.48. The van der Waals surface area contributed by atoms with Crippen LogP contribution in [0, 0.1) is 0 Å². The number of aromatic nitrogens is 1. The summed E-state index contributed by atoms with van der Waals surface area (Å²) in [5, 5.41) is 0. The Labute approximate surface area is 132 Å². The van der Waals surface area contributed by atoms with Crippen LogP contribution in [0.1, 0.15) is 31.2 Å². The van der Waals surface area contributed by atoms with Gasteiger partial charge in [0.2, 0.25) is 0 Å². The van der Waals surface area contributed by atoms with E-state index >= 15 is 0 Å². The summed E-state index contributed by atoms with van der Waals surface area (Å²) in [4.78, 5) is 18.3. The lowest BCUT2D eigenvalue weighted by Crippen LogP contribution is -2.40. The van der Waals surface area contributed by atoms with Crippen LogP contribution < -0.4 is 0 Å². The van der Waals surface area contributed by atoms with Gasteiger partial charge in [-0.25, -0.2) is 4.79 Å². The molecule has 3 heterocycles. The molecule has 0 aromatic carbocycles. The summed E-state index contributed by atoms with van der Waals surface area (Å²) in [5.41, 5.74) is 2.22. The fraction of sp³-hybridized carbons (Fsp3) is 0.375. The van der Waals surface area contributed by atoms with Gasteiger partial charge in [0, 0.05) is 28.5 Å². The van der Waals surface area contributed by atoms with E-state index in [9.17, 15) is 4.79 Å². The minimum atomic E-state index is -0.301. The summed E-state index contributed by atoms with van der Waals surface area (Å²) < 4.78 is 6.03. The Balaban J connectivity index is 1.98. The van der Waals surface area contributed by atoms with Crippen LogP contribution in [0.4, 0.5) is 4.79 Å². The summed E-state index contributed by atoms with van der Waals surface area (Å²) in [6, 6.07) is 2.25. The van der Waals surface area contributed by atoms with E-state index in [1.165, 1.54) is 6.26 Å². The number of fused-ring (bicyclic) bond motifs is 2. The van der Waals surface area contributed by atoms with Gasteiger partial charge in [-0.15, -0.1) is 0 Å². The van der Waals surface area contributed by atoms with Crippen LogP contribution in [0.3, 0.4) is 0 Å². The zero-order chi connectivity index (χ0) is 14.8. The van der Waals surface area contributed by atoms with Crippen LogP contribution in [-0.4, -0.2) is 28.1 Å². The molecule has 2 bridgehead atoms. The third kappa shape index (κ3) is 2.62. The molecule has 3 rings (SSSR count). The molecule has 0 spiro atoms. The van der Waals surface area contributed by atoms with Gasteiger partial charge in [0.15, 0.2) is 0 Å². The normalized spacial score (nSPS) is 24.2. The summed E-state index contributed by atoms with van der Waals surface area (Å²) >= 11 is 3.58. The molecular weight excluding hydrogens is 332 g/mol. The van der Waals surface area contributed by atoms with Crippen LogP contribution >= 0.6 is 15.9 Å². The van der Waals surface area contributed by atoms with Gasteiger partial charge in [0.25, 0.3) is 0 Å². The van der Waals surface area contributed by atoms with Crippen LogP contribution in [0.2, 0.25) is 0 Å². The first kappa shape index (κ1) is 14.3. The summed E-state index contributed by atoms with van der Waals surface area (Å²) in [5.74, 6) is 0. The highest BCUT2D eigenvalue weighted by Gasteiger charge is 2.41. The Kier molecular flexibility index (Phi) is 4.10. The quantitative estimate of drug-likeness (QED) is 0.754. The molecule has 0 radical (unpaired) electrons. The second-order valence-corrected chi connectivity index (χ2v) is 6.15. The number of hydrogen-bond donors (Lipinski definition) is 0. The molecule has 0 aliphatic carbocycles. The number of hydrogen-bond acceptors (Lipinski definition) is 3. The molecule has 2 aliphatic heterocycles. The van der Waals surface area contributed by atoms with E-state index in [1.54, 1.807) is 6.20 Å². The minimum absolute atomic E-state index is 0.0606. The largest absolute Gasteiger partial charge is 0.419 e. The number of carbonyl (C=O) groups excluding carboxylic acids is 1. The molecule has 2 atom stereocenters. The highest BCUT2D eigenvalue weighted by Crippen LogP contribution is 2.40. The Morgan fingerprint density at radius 2 is 2.33 bits per heavy atom. The summed E-state index contributed by atoms with van der Waals surface area (Å²) in [6.07, 6.45) is 10.7. The Bertz CT molecular complexity index is 600. The fourth-order valence-electron chi connectivity index (χ4n) is 3.33. The van der Waals surface area contributed by atoms with E-state index < -0.39 is 0 Å². The molecule has 1 aromatic rings. The lowest BCUT2D eigenvalue weighted by atomic mass is 9.95. The van der Waals surface area contributed by atoms with E-state index in [-0.39, 0.29) is 18.2 Å². The maximum absolute atomic E-state index is 12.3. The molecule has 2 aliphatic rings. The van der Waals surface area contributed by atoms with E-state index in [2.05, 4.69) is 33.6 Å². The molecule has 0 unspecified atom stereocenters. The Morgan fingerprint density at radius 1 is 1.48 bits per heavy atom. The predicted octanol–water partition coefficient (Wildman–Crippen LogP) is 4.13. The van der Waals surface area contributed by atoms with E-state index in [4.69, 9.17) is 4.74 Å². The number of amides is 1. The maximum Gasteiger partial charge on any atom is 0.415 e. The van der Waals surface area contributed by atoms with Crippen LogP contribution in [-0.2, 0) is 4.74 Å². The number of rotatable bonds is 2. The molecule has 0 N–H and O–H groups in total. The first-order chi connectivity index (χ1) is 10.2. The molecule has 1 aromatic heterocycles. The first-order valence-corrected chi connectivity index (χ1v) is 7.91. The molecule has 21 heavy (non-hydrogen) atoms. The van der Waals surface area contributed by atoms with Crippen LogP contribution in [0.5, 0.6) is 0 Å². The van der Waals surface area contributed by atoms with Gasteiger partial charge in [0.05, 0.1) is 12.3 Å². The number of ether oxygens (including phenoxy) is 1. The number of pyridine rings is 1. The van der Waals surface area contributed by atoms with E-state index in [0.29, 0.717) is 0 Å². The van der Waals surface area contributed by atoms with Crippen molar-refractivity contribution in [2.24, 2.45) is 0 Å². The molecule has 1 fully saturated rings. The highest BCUT2D eigenvalue weighted by molar-refractivity contribution is 9.10. The Hall–Kier alpha value is -1.62. The molecule has 0 saturated carbocycles. The molecular formula is C16H17BrN2O2. The predicted molar refractivity (Wildman–Crippen MR) is 84.5 cm³/mol. The number of nitrogens with zero attached hydrogens (tertiary/aromatic N) is 2. The van der Waals surface area contributed by atoms with Crippen LogP contribution in [0.25, 0.3) is 5.57 Å². The molecule has 4 nitrogen and oxygen atoms in total. The van der Waals surface area contributed by atoms with Crippen molar-refractivity contribution in [2.45, 2.75) is 37.8 Å². The van der Waals surface area contributed by atoms with Gasteiger partial charge in [0.1, 0.15) is 0 Å². The number of halogens is 1. The Morgan fingerprint density at radius 3 is 3.10 bits per heavy atom. The molecule has 1 saturated heterocycles. The van der Waals surface area contributed by atoms with Crippen molar-refractivity contribution in [3.05, 3.63) is 47.4 Å². The lowest BCUT2D eigenvalue weighted by Gasteiger charge is -2.28. The number of allylic oxidation sites excluding steroid dienone is 1. The topological polar surface area (TPSA) is 42.4 Å². The average molecular weight is 349 g/mol. The van der Waals surface area contributed by atoms with Crippen molar-refractivity contribution in [1.82, 2.24) is 9.88 Å². The van der Waals surface area contributed by atoms with Crippen molar-refractivity contribution in [1.29, 1.82) is 0 Å². The van der Waals surface area contributed by atoms with E-state index in [0.717, 1.165) is 41.3 Å². The van der Waals surface area contributed by atoms with Gasteiger partial charge in [-0.2, -0.15) is 0 Å². The average Bonchev–Trinajstić information content (AvgIpc) is 2.77. The minimum Gasteiger partial charge on any atom is -0.419 e. The zero-order valence-electron chi connectivity index (χ0n) is 11.7. The van der Waals surface area contributed by atoms with Gasteiger partial charge in [-0.1, -0.05) is 28.6 Å². The van der Waals surface area contributed by atoms with Crippen LogP contribution in [0.15, 0.2) is 41.8 Å². The fourth-order valence-corrected chi connectivity index (χ4v) is 3.78. The van der Waals surface area contributed by atoms with Crippen molar-refractivity contribution >= 4 is 27.6 Å². The van der Waals surface area contributed by atoms with E-state index in [1.807, 2.05) is 17.2 Å². The van der Waals surface area contributed by atoms with Gasteiger partial charge >= 0.3 is 6.09 Å². The SMILES string of the molecule is C=COC(=O)N1[C@@H]2CCC=C(c3cnccc3Br)[C@H]1CC2. The first-order valence-electron chi connectivity index (χ1n) is 7.12. The smallest absolute Gasteiger partial charge is 0.415 e. The third-order valence-electron chi connectivity index (χ3n) is 4.20. The van der Waals surface area contributed by atoms with Crippen molar-refractivity contribution in [3.8, 4) is 0 Å². The third-order valence-corrected chi connectivity index (χ3v) is 4.89. The zero-order valence-corrected chi connectivity index (χ0v) is 13.3. The second kappa shape index (κ2) is 6.02. The standard InChI is InChI=1S/C16H17BrN2O2/c1-2-21-16(20)19-11-4-3-5-12(15(19)7-6-11)13-10-18-9-8-14(13)17/h2,5,8-11,15H,1,3-4,6-7H2/t11-,15-/m1/s1. The van der Waals surface area contributed by atoms with Gasteiger partial charge in [-0.3, -0.25) is 9.88 Å². The number of carbonyl (C=O) groups is 1. The highest BCUT2D eigenvalue weighted by atomic mass is 79.9. The monoisotopic (exact) mass is 348 g/mol. The lowest BCUT2D eigenvalue weighted by molar-refractivity contribution is 0.123. The van der Waals surface area contributed by atoms with Crippen molar-refractivity contribution in [3.63, 3.8) is 0 Å². The van der Waals surface area contributed by atoms with Gasteiger partial charge in [-0.05, 0) is 37.3 Å². The van der Waals surface area contributed by atoms with Gasteiger partial charge < -0.3 is 4.74 Å². The molecule has 110 valence electrons. The molecule has 1 amide bonds. The maximum atomic E-state index is 12.3. The van der Waals surface area contributed by atoms with Crippen molar-refractivity contribution < 1.29 is 9.53 Å². The van der Waals surface area contributed by atoms with Crippen molar-refractivity contribution in [2.75, 3.05) is 0 Å². The second-order valence-electron chi connectivity index (χ2n) is 5.30. The molecule has 5 heteroatoms. The summed E-state index contributed by atoms with van der Waals surface area (Å²) in [7, 11) is 0.